The van der Waals surface area contributed by atoms with Gasteiger partial charge >= 0.3 is 6.09 Å². The maximum absolute atomic E-state index is 14.0. The first-order valence-electron chi connectivity index (χ1n) is 10.9. The molecule has 11 heteroatoms. The van der Waals surface area contributed by atoms with Crippen LogP contribution in [0.25, 0.3) is 5.65 Å². The summed E-state index contributed by atoms with van der Waals surface area (Å²) in [4.78, 5) is 16.8. The SMILES string of the molecule is CC(Nc1ccn2ncc(NC(=O)Oc3ccccc3)c2n1)c1cc(F)ccc1OCC(N)CO. The van der Waals surface area contributed by atoms with E-state index in [1.165, 1.54) is 28.9 Å². The Labute approximate surface area is 200 Å². The molecule has 0 radical (unpaired) electrons. The average molecular weight is 481 g/mol. The van der Waals surface area contributed by atoms with Gasteiger partial charge in [0, 0.05) is 11.8 Å². The van der Waals surface area contributed by atoms with Gasteiger partial charge in [-0.15, -0.1) is 0 Å². The standard InChI is InChI=1S/C24H25FN6O4/c1-15(19-11-16(25)7-8-21(19)34-14-17(26)13-32)28-22-9-10-31-23(30-22)20(12-27-31)29-24(33)35-18-5-3-2-4-6-18/h2-12,15,17,32H,13-14,26H2,1H3,(H,28,30)(H,29,33). The van der Waals surface area contributed by atoms with Crippen LogP contribution in [0.15, 0.2) is 67.0 Å². The molecule has 0 bridgehead atoms. The molecule has 2 aromatic heterocycles. The van der Waals surface area contributed by atoms with Crippen LogP contribution in [0, 0.1) is 5.82 Å². The number of nitrogens with one attached hydrogen (secondary N) is 2. The molecule has 0 aliphatic heterocycles. The smallest absolute Gasteiger partial charge is 0.417 e. The van der Waals surface area contributed by atoms with E-state index in [1.807, 2.05) is 13.0 Å². The van der Waals surface area contributed by atoms with Gasteiger partial charge in [0.2, 0.25) is 0 Å². The molecule has 0 saturated carbocycles. The van der Waals surface area contributed by atoms with Gasteiger partial charge in [0.25, 0.3) is 0 Å². The number of fused-ring (bicyclic) bond motifs is 1. The van der Waals surface area contributed by atoms with E-state index in [2.05, 4.69) is 20.7 Å². The molecule has 1 amide bonds. The zero-order chi connectivity index (χ0) is 24.8. The predicted molar refractivity (Wildman–Crippen MR) is 128 cm³/mol. The average Bonchev–Trinajstić information content (AvgIpc) is 3.25. The second-order valence-electron chi connectivity index (χ2n) is 7.77. The van der Waals surface area contributed by atoms with Crippen LogP contribution in [0.3, 0.4) is 0 Å². The Morgan fingerprint density at radius 3 is 2.80 bits per heavy atom. The lowest BCUT2D eigenvalue weighted by atomic mass is 10.1. The zero-order valence-electron chi connectivity index (χ0n) is 18.9. The molecule has 5 N–H and O–H groups in total. The number of hydrogen-bond donors (Lipinski definition) is 4. The van der Waals surface area contributed by atoms with E-state index in [0.29, 0.717) is 34.2 Å². The third kappa shape index (κ3) is 6.02. The minimum absolute atomic E-state index is 0.0794. The third-order valence-corrected chi connectivity index (χ3v) is 5.05. The van der Waals surface area contributed by atoms with E-state index < -0.39 is 24.0 Å². The molecule has 2 heterocycles. The lowest BCUT2D eigenvalue weighted by molar-refractivity contribution is 0.205. The molecule has 0 aliphatic carbocycles. The molecule has 0 fully saturated rings. The Bertz CT molecular complexity index is 1300. The van der Waals surface area contributed by atoms with Crippen LogP contribution < -0.4 is 25.8 Å². The minimum atomic E-state index is -0.678. The predicted octanol–water partition coefficient (Wildman–Crippen LogP) is 3.35. The Kier molecular flexibility index (Phi) is 7.38. The number of nitrogens with zero attached hydrogens (tertiary/aromatic N) is 3. The summed E-state index contributed by atoms with van der Waals surface area (Å²) in [5.41, 5.74) is 7.01. The van der Waals surface area contributed by atoms with Crippen molar-refractivity contribution >= 4 is 23.2 Å². The molecule has 4 aromatic rings. The molecule has 182 valence electrons. The van der Waals surface area contributed by atoms with Gasteiger partial charge in [-0.1, -0.05) is 18.2 Å². The lowest BCUT2D eigenvalue weighted by Crippen LogP contribution is -2.31. The van der Waals surface area contributed by atoms with Crippen LogP contribution in [-0.2, 0) is 0 Å². The number of carbonyl (C=O) groups excluding carboxylic acids is 1. The summed E-state index contributed by atoms with van der Waals surface area (Å²) in [7, 11) is 0. The number of hydrogen-bond acceptors (Lipinski definition) is 8. The molecule has 4 rings (SSSR count). The summed E-state index contributed by atoms with van der Waals surface area (Å²) in [6, 6.07) is 13.6. The van der Waals surface area contributed by atoms with Crippen molar-refractivity contribution in [3.63, 3.8) is 0 Å². The fraction of sp³-hybridized carbons (Fsp3) is 0.208. The van der Waals surface area contributed by atoms with E-state index in [-0.39, 0.29) is 13.2 Å². The van der Waals surface area contributed by atoms with Gasteiger partial charge in [-0.05, 0) is 43.3 Å². The highest BCUT2D eigenvalue weighted by molar-refractivity contribution is 5.90. The fourth-order valence-corrected chi connectivity index (χ4v) is 3.31. The third-order valence-electron chi connectivity index (χ3n) is 5.05. The largest absolute Gasteiger partial charge is 0.492 e. The number of aliphatic hydroxyl groups excluding tert-OH is 1. The summed E-state index contributed by atoms with van der Waals surface area (Å²) in [6.07, 6.45) is 2.46. The maximum atomic E-state index is 14.0. The highest BCUT2D eigenvalue weighted by atomic mass is 19.1. The second-order valence-corrected chi connectivity index (χ2v) is 7.77. The summed E-state index contributed by atoms with van der Waals surface area (Å²) >= 11 is 0. The quantitative estimate of drug-likeness (QED) is 0.286. The van der Waals surface area contributed by atoms with E-state index in [1.54, 1.807) is 36.5 Å². The van der Waals surface area contributed by atoms with Gasteiger partial charge in [-0.2, -0.15) is 5.10 Å². The number of rotatable bonds is 9. The number of anilines is 2. The number of aliphatic hydroxyl groups is 1. The Hall–Kier alpha value is -4.22. The summed E-state index contributed by atoms with van der Waals surface area (Å²) < 4.78 is 26.4. The monoisotopic (exact) mass is 480 g/mol. The van der Waals surface area contributed by atoms with Crippen molar-refractivity contribution in [2.24, 2.45) is 5.73 Å². The molecule has 10 nitrogen and oxygen atoms in total. The van der Waals surface area contributed by atoms with Crippen molar-refractivity contribution in [1.82, 2.24) is 14.6 Å². The highest BCUT2D eigenvalue weighted by Gasteiger charge is 2.16. The fourth-order valence-electron chi connectivity index (χ4n) is 3.31. The first-order chi connectivity index (χ1) is 16.9. The Morgan fingerprint density at radius 2 is 2.03 bits per heavy atom. The number of ether oxygens (including phenoxy) is 2. The van der Waals surface area contributed by atoms with Crippen molar-refractivity contribution in [2.45, 2.75) is 19.0 Å². The number of aromatic nitrogens is 3. The van der Waals surface area contributed by atoms with Gasteiger partial charge in [0.1, 0.15) is 35.4 Å². The molecule has 2 atom stereocenters. The van der Waals surface area contributed by atoms with Crippen molar-refractivity contribution < 1.29 is 23.8 Å². The van der Waals surface area contributed by atoms with Gasteiger partial charge in [-0.3, -0.25) is 5.32 Å². The topological polar surface area (TPSA) is 136 Å². The number of nitrogens with two attached hydrogens (primary N) is 1. The van der Waals surface area contributed by atoms with Crippen molar-refractivity contribution in [2.75, 3.05) is 23.8 Å². The molecule has 2 aromatic carbocycles. The molecular weight excluding hydrogens is 455 g/mol. The van der Waals surface area contributed by atoms with Gasteiger partial charge in [-0.25, -0.2) is 18.7 Å². The Balaban J connectivity index is 1.50. The molecule has 35 heavy (non-hydrogen) atoms. The lowest BCUT2D eigenvalue weighted by Gasteiger charge is -2.20. The number of para-hydroxylation sites is 1. The normalized spacial score (nSPS) is 12.7. The van der Waals surface area contributed by atoms with Crippen LogP contribution in [0.2, 0.25) is 0 Å². The van der Waals surface area contributed by atoms with Crippen molar-refractivity contribution in [3.8, 4) is 11.5 Å². The molecule has 0 spiro atoms. The summed E-state index contributed by atoms with van der Waals surface area (Å²) in [5.74, 6) is 0.882. The van der Waals surface area contributed by atoms with Crippen molar-refractivity contribution in [3.05, 3.63) is 78.4 Å². The maximum Gasteiger partial charge on any atom is 0.417 e. The van der Waals surface area contributed by atoms with Crippen LogP contribution in [0.1, 0.15) is 18.5 Å². The van der Waals surface area contributed by atoms with Gasteiger partial charge in [0.15, 0.2) is 5.65 Å². The van der Waals surface area contributed by atoms with Crippen LogP contribution in [-0.4, -0.2) is 45.1 Å². The molecular formula is C24H25FN6O4. The van der Waals surface area contributed by atoms with Gasteiger partial charge < -0.3 is 25.6 Å². The van der Waals surface area contributed by atoms with E-state index in [4.69, 9.17) is 20.3 Å². The number of amides is 1. The van der Waals surface area contributed by atoms with Crippen LogP contribution in [0.4, 0.5) is 20.7 Å². The first-order valence-corrected chi connectivity index (χ1v) is 10.9. The molecule has 0 aliphatic rings. The summed E-state index contributed by atoms with van der Waals surface area (Å²) in [6.45, 7) is 1.68. The Morgan fingerprint density at radius 1 is 1.23 bits per heavy atom. The van der Waals surface area contributed by atoms with E-state index in [0.717, 1.165) is 0 Å². The number of halogens is 1. The second kappa shape index (κ2) is 10.8. The van der Waals surface area contributed by atoms with Crippen molar-refractivity contribution in [1.29, 1.82) is 0 Å². The van der Waals surface area contributed by atoms with E-state index >= 15 is 0 Å². The summed E-state index contributed by atoms with van der Waals surface area (Å²) in [5, 5.41) is 19.2. The minimum Gasteiger partial charge on any atom is -0.492 e. The zero-order valence-corrected chi connectivity index (χ0v) is 18.9. The molecule has 0 saturated heterocycles. The highest BCUT2D eigenvalue weighted by Crippen LogP contribution is 2.29. The van der Waals surface area contributed by atoms with Crippen LogP contribution in [0.5, 0.6) is 11.5 Å². The number of carbonyl (C=O) groups is 1. The van der Waals surface area contributed by atoms with Gasteiger partial charge in [0.05, 0.1) is 24.9 Å². The number of benzene rings is 2. The molecule has 2 unspecified atom stereocenters. The first kappa shape index (κ1) is 23.9. The van der Waals surface area contributed by atoms with Crippen LogP contribution >= 0.6 is 0 Å². The van der Waals surface area contributed by atoms with E-state index in [9.17, 15) is 9.18 Å².